The molecule has 102 valence electrons. The molecule has 2 aliphatic heterocycles. The number of fused-ring (bicyclic) bond motifs is 1. The zero-order valence-corrected chi connectivity index (χ0v) is 11.1. The Morgan fingerprint density at radius 3 is 2.63 bits per heavy atom. The minimum atomic E-state index is 0.100. The predicted octanol–water partition coefficient (Wildman–Crippen LogP) is 0.986. The summed E-state index contributed by atoms with van der Waals surface area (Å²) in [7, 11) is 0. The third kappa shape index (κ3) is 2.65. The molecule has 0 bridgehead atoms. The van der Waals surface area contributed by atoms with Crippen molar-refractivity contribution in [2.24, 2.45) is 0 Å². The quantitative estimate of drug-likeness (QED) is 0.881. The van der Waals surface area contributed by atoms with E-state index in [-0.39, 0.29) is 6.61 Å². The highest BCUT2D eigenvalue weighted by Gasteiger charge is 2.35. The number of nitrogens with zero attached hydrogens (tertiary/aromatic N) is 2. The molecule has 0 radical (unpaired) electrons. The predicted molar refractivity (Wildman–Crippen MR) is 72.4 cm³/mol. The Hall–Kier alpha value is -1.39. The van der Waals surface area contributed by atoms with E-state index in [1.807, 2.05) is 17.0 Å². The number of benzene rings is 1. The van der Waals surface area contributed by atoms with Gasteiger partial charge in [-0.1, -0.05) is 24.3 Å². The van der Waals surface area contributed by atoms with Gasteiger partial charge in [0.05, 0.1) is 6.61 Å². The molecule has 4 heteroatoms. The second kappa shape index (κ2) is 5.31. The second-order valence-corrected chi connectivity index (χ2v) is 5.49. The van der Waals surface area contributed by atoms with Crippen LogP contribution < -0.4 is 0 Å². The van der Waals surface area contributed by atoms with Gasteiger partial charge in [-0.2, -0.15) is 0 Å². The number of hydrogen-bond donors (Lipinski definition) is 1. The summed E-state index contributed by atoms with van der Waals surface area (Å²) in [6.45, 7) is 3.86. The molecule has 2 saturated heterocycles. The monoisotopic (exact) mass is 260 g/mol. The lowest BCUT2D eigenvalue weighted by Gasteiger charge is -2.37. The normalized spacial score (nSPS) is 23.7. The molecule has 0 aromatic heterocycles. The van der Waals surface area contributed by atoms with Crippen molar-refractivity contribution in [1.82, 2.24) is 9.80 Å². The van der Waals surface area contributed by atoms with E-state index in [0.717, 1.165) is 44.6 Å². The van der Waals surface area contributed by atoms with E-state index in [1.54, 1.807) is 0 Å². The van der Waals surface area contributed by atoms with Crippen LogP contribution in [0.2, 0.25) is 0 Å². The van der Waals surface area contributed by atoms with Crippen molar-refractivity contribution in [2.45, 2.75) is 32.0 Å². The molecule has 1 aromatic rings. The first kappa shape index (κ1) is 12.6. The highest BCUT2D eigenvalue weighted by molar-refractivity contribution is 5.78. The van der Waals surface area contributed by atoms with Crippen LogP contribution in [-0.4, -0.2) is 46.5 Å². The summed E-state index contributed by atoms with van der Waals surface area (Å²) in [6.07, 6.45) is 1.74. The maximum absolute atomic E-state index is 11.6. The zero-order valence-electron chi connectivity index (χ0n) is 11.1. The van der Waals surface area contributed by atoms with Crippen molar-refractivity contribution in [3.05, 3.63) is 35.4 Å². The highest BCUT2D eigenvalue weighted by atomic mass is 16.3. The molecule has 2 heterocycles. The first-order valence-corrected chi connectivity index (χ1v) is 6.97. The summed E-state index contributed by atoms with van der Waals surface area (Å²) in [5.41, 5.74) is 2.23. The van der Waals surface area contributed by atoms with Gasteiger partial charge < -0.3 is 10.0 Å². The number of aliphatic hydroxyl groups excluding tert-OH is 1. The largest absolute Gasteiger partial charge is 0.392 e. The summed E-state index contributed by atoms with van der Waals surface area (Å²) in [4.78, 5) is 16.1. The molecule has 2 aliphatic rings. The van der Waals surface area contributed by atoms with E-state index in [9.17, 15) is 4.79 Å². The SMILES string of the molecule is O=C1CCC2CN(Cc3ccc(CO)cc3)CCN12. The van der Waals surface area contributed by atoms with Crippen LogP contribution in [0, 0.1) is 0 Å². The van der Waals surface area contributed by atoms with Gasteiger partial charge in [0.2, 0.25) is 5.91 Å². The molecule has 0 saturated carbocycles. The fourth-order valence-electron chi connectivity index (χ4n) is 3.08. The third-order valence-electron chi connectivity index (χ3n) is 4.19. The minimum absolute atomic E-state index is 0.100. The number of carbonyl (C=O) groups is 1. The molecule has 1 atom stereocenters. The van der Waals surface area contributed by atoms with Crippen molar-refractivity contribution < 1.29 is 9.90 Å². The van der Waals surface area contributed by atoms with Gasteiger partial charge in [-0.05, 0) is 17.5 Å². The number of piperazine rings is 1. The molecule has 1 unspecified atom stereocenters. The Morgan fingerprint density at radius 1 is 1.16 bits per heavy atom. The minimum Gasteiger partial charge on any atom is -0.392 e. The lowest BCUT2D eigenvalue weighted by atomic mass is 10.1. The average Bonchev–Trinajstić information content (AvgIpc) is 2.81. The van der Waals surface area contributed by atoms with Crippen LogP contribution in [0.1, 0.15) is 24.0 Å². The average molecular weight is 260 g/mol. The van der Waals surface area contributed by atoms with Crippen LogP contribution in [0.5, 0.6) is 0 Å². The van der Waals surface area contributed by atoms with Gasteiger partial charge in [0.15, 0.2) is 0 Å². The fraction of sp³-hybridized carbons (Fsp3) is 0.533. The topological polar surface area (TPSA) is 43.8 Å². The lowest BCUT2D eigenvalue weighted by Crippen LogP contribution is -2.50. The smallest absolute Gasteiger partial charge is 0.222 e. The molecular weight excluding hydrogens is 240 g/mol. The Bertz CT molecular complexity index is 458. The summed E-state index contributed by atoms with van der Waals surface area (Å²) in [5, 5.41) is 9.03. The van der Waals surface area contributed by atoms with Crippen LogP contribution in [0.15, 0.2) is 24.3 Å². The molecule has 19 heavy (non-hydrogen) atoms. The first-order valence-electron chi connectivity index (χ1n) is 6.97. The maximum atomic E-state index is 11.6. The molecule has 1 N–H and O–H groups in total. The summed E-state index contributed by atoms with van der Waals surface area (Å²) < 4.78 is 0. The van der Waals surface area contributed by atoms with Crippen molar-refractivity contribution >= 4 is 5.91 Å². The summed E-state index contributed by atoms with van der Waals surface area (Å²) in [5.74, 6) is 0.331. The second-order valence-electron chi connectivity index (χ2n) is 5.49. The molecular formula is C15H20N2O2. The van der Waals surface area contributed by atoms with Gasteiger partial charge in [0.1, 0.15) is 0 Å². The summed E-state index contributed by atoms with van der Waals surface area (Å²) >= 11 is 0. The standard InChI is InChI=1S/C15H20N2O2/c18-11-13-3-1-12(2-4-13)9-16-7-8-17-14(10-16)5-6-15(17)19/h1-4,14,18H,5-11H2. The van der Waals surface area contributed by atoms with Crippen molar-refractivity contribution in [2.75, 3.05) is 19.6 Å². The van der Waals surface area contributed by atoms with Crippen molar-refractivity contribution in [3.8, 4) is 0 Å². The molecule has 0 aliphatic carbocycles. The lowest BCUT2D eigenvalue weighted by molar-refractivity contribution is -0.130. The van der Waals surface area contributed by atoms with Gasteiger partial charge >= 0.3 is 0 Å². The molecule has 1 amide bonds. The number of carbonyl (C=O) groups excluding carboxylic acids is 1. The van der Waals surface area contributed by atoms with Gasteiger partial charge in [-0.15, -0.1) is 0 Å². The van der Waals surface area contributed by atoms with E-state index < -0.39 is 0 Å². The van der Waals surface area contributed by atoms with Gasteiger partial charge in [-0.25, -0.2) is 0 Å². The molecule has 2 fully saturated rings. The van der Waals surface area contributed by atoms with Crippen LogP contribution in [0.3, 0.4) is 0 Å². The molecule has 3 rings (SSSR count). The Kier molecular flexibility index (Phi) is 3.53. The molecule has 4 nitrogen and oxygen atoms in total. The number of rotatable bonds is 3. The number of aliphatic hydroxyl groups is 1. The molecule has 1 aromatic carbocycles. The van der Waals surface area contributed by atoms with E-state index in [1.165, 1.54) is 5.56 Å². The number of amides is 1. The van der Waals surface area contributed by atoms with Crippen molar-refractivity contribution in [1.29, 1.82) is 0 Å². The number of hydrogen-bond acceptors (Lipinski definition) is 3. The van der Waals surface area contributed by atoms with Gasteiger partial charge in [-0.3, -0.25) is 9.69 Å². The third-order valence-corrected chi connectivity index (χ3v) is 4.19. The maximum Gasteiger partial charge on any atom is 0.222 e. The Balaban J connectivity index is 1.60. The van der Waals surface area contributed by atoms with Crippen LogP contribution >= 0.6 is 0 Å². The summed E-state index contributed by atoms with van der Waals surface area (Å²) in [6, 6.07) is 8.54. The Labute approximate surface area is 113 Å². The Morgan fingerprint density at radius 2 is 1.89 bits per heavy atom. The van der Waals surface area contributed by atoms with Crippen molar-refractivity contribution in [3.63, 3.8) is 0 Å². The van der Waals surface area contributed by atoms with Crippen LogP contribution in [0.4, 0.5) is 0 Å². The van der Waals surface area contributed by atoms with Crippen LogP contribution in [-0.2, 0) is 17.9 Å². The van der Waals surface area contributed by atoms with Crippen LogP contribution in [0.25, 0.3) is 0 Å². The zero-order chi connectivity index (χ0) is 13.2. The van der Waals surface area contributed by atoms with E-state index in [0.29, 0.717) is 11.9 Å². The van der Waals surface area contributed by atoms with E-state index in [2.05, 4.69) is 17.0 Å². The highest BCUT2D eigenvalue weighted by Crippen LogP contribution is 2.23. The first-order chi connectivity index (χ1) is 9.26. The van der Waals surface area contributed by atoms with Gasteiger partial charge in [0, 0.05) is 38.6 Å². The van der Waals surface area contributed by atoms with Gasteiger partial charge in [0.25, 0.3) is 0 Å². The fourth-order valence-corrected chi connectivity index (χ4v) is 3.08. The molecule has 0 spiro atoms. The van der Waals surface area contributed by atoms with E-state index in [4.69, 9.17) is 5.11 Å². The van der Waals surface area contributed by atoms with E-state index >= 15 is 0 Å².